The van der Waals surface area contributed by atoms with Crippen molar-refractivity contribution >= 4 is 10.0 Å². The Morgan fingerprint density at radius 2 is 1.41 bits per heavy atom. The number of rotatable bonds is 7. The molecule has 8 heteroatoms. The van der Waals surface area contributed by atoms with E-state index in [2.05, 4.69) is 4.72 Å². The molecular weight excluding hydrogens is 390 g/mol. The maximum atomic E-state index is 12.7. The van der Waals surface area contributed by atoms with Gasteiger partial charge in [0.1, 0.15) is 0 Å². The maximum absolute atomic E-state index is 12.7. The van der Waals surface area contributed by atoms with E-state index in [4.69, 9.17) is 0 Å². The Bertz CT molecular complexity index is 1160. The quantitative estimate of drug-likeness (QED) is 0.637. The number of nitrogens with zero attached hydrogens (tertiary/aromatic N) is 2. The maximum Gasteiger partial charge on any atom is 0.330 e. The molecule has 152 valence electrons. The molecular formula is C21H23N3O4S. The van der Waals surface area contributed by atoms with Crippen LogP contribution >= 0.6 is 0 Å². The molecule has 3 rings (SSSR count). The molecule has 0 spiro atoms. The predicted octanol–water partition coefficient (Wildman–Crippen LogP) is 1.58. The van der Waals surface area contributed by atoms with Gasteiger partial charge in [0.15, 0.2) is 4.90 Å². The average Bonchev–Trinajstić information content (AvgIpc) is 2.73. The lowest BCUT2D eigenvalue weighted by Gasteiger charge is -2.18. The molecule has 0 amide bonds. The minimum atomic E-state index is -4.06. The van der Waals surface area contributed by atoms with Crippen molar-refractivity contribution in [3.8, 4) is 0 Å². The fourth-order valence-electron chi connectivity index (χ4n) is 3.27. The van der Waals surface area contributed by atoms with E-state index in [0.717, 1.165) is 26.5 Å². The van der Waals surface area contributed by atoms with Crippen LogP contribution in [0.5, 0.6) is 0 Å². The molecule has 29 heavy (non-hydrogen) atoms. The standard InChI is InChI=1S/C21H23N3O4S/c1-23-15-19(20(25)24(2)21(23)26)29(27,28)22-14-13-18(16-9-5-3-6-10-16)17-11-7-4-8-12-17/h3-12,15,18,22H,13-14H2,1-2H3. The second-order valence-corrected chi connectivity index (χ2v) is 8.55. The first-order valence-electron chi connectivity index (χ1n) is 9.17. The van der Waals surface area contributed by atoms with Gasteiger partial charge < -0.3 is 4.57 Å². The second-order valence-electron chi connectivity index (χ2n) is 6.81. The van der Waals surface area contributed by atoms with Crippen molar-refractivity contribution in [1.82, 2.24) is 13.9 Å². The van der Waals surface area contributed by atoms with Crippen LogP contribution in [0.4, 0.5) is 0 Å². The number of benzene rings is 2. The Kier molecular flexibility index (Phi) is 6.14. The van der Waals surface area contributed by atoms with Gasteiger partial charge in [-0.2, -0.15) is 0 Å². The normalized spacial score (nSPS) is 11.7. The first kappa shape index (κ1) is 20.8. The molecule has 7 nitrogen and oxygen atoms in total. The number of hydrogen-bond donors (Lipinski definition) is 1. The van der Waals surface area contributed by atoms with Crippen molar-refractivity contribution in [2.24, 2.45) is 14.1 Å². The van der Waals surface area contributed by atoms with Gasteiger partial charge in [-0.15, -0.1) is 0 Å². The minimum Gasteiger partial charge on any atom is -0.302 e. The summed E-state index contributed by atoms with van der Waals surface area (Å²) in [5, 5.41) is 0. The minimum absolute atomic E-state index is 0.00284. The highest BCUT2D eigenvalue weighted by molar-refractivity contribution is 7.89. The van der Waals surface area contributed by atoms with E-state index in [0.29, 0.717) is 6.42 Å². The van der Waals surface area contributed by atoms with E-state index in [-0.39, 0.29) is 12.5 Å². The van der Waals surface area contributed by atoms with Crippen LogP contribution in [-0.4, -0.2) is 24.1 Å². The van der Waals surface area contributed by atoms with Gasteiger partial charge in [-0.3, -0.25) is 9.36 Å². The first-order valence-corrected chi connectivity index (χ1v) is 10.7. The molecule has 2 aromatic carbocycles. The Balaban J connectivity index is 1.83. The van der Waals surface area contributed by atoms with Crippen LogP contribution in [0.1, 0.15) is 23.5 Å². The van der Waals surface area contributed by atoms with Crippen LogP contribution in [0.2, 0.25) is 0 Å². The molecule has 0 atom stereocenters. The van der Waals surface area contributed by atoms with Crippen molar-refractivity contribution < 1.29 is 8.42 Å². The largest absolute Gasteiger partial charge is 0.330 e. The van der Waals surface area contributed by atoms with Crippen molar-refractivity contribution in [3.05, 3.63) is 98.8 Å². The van der Waals surface area contributed by atoms with Crippen LogP contribution in [0, 0.1) is 0 Å². The van der Waals surface area contributed by atoms with Gasteiger partial charge in [0, 0.05) is 32.8 Å². The van der Waals surface area contributed by atoms with E-state index in [1.807, 2.05) is 60.7 Å². The Morgan fingerprint density at radius 3 is 1.93 bits per heavy atom. The summed E-state index contributed by atoms with van der Waals surface area (Å²) in [4.78, 5) is 23.6. The van der Waals surface area contributed by atoms with E-state index in [1.165, 1.54) is 14.1 Å². The second kappa shape index (κ2) is 8.59. The molecule has 1 N–H and O–H groups in total. The van der Waals surface area contributed by atoms with Crippen LogP contribution in [-0.2, 0) is 24.1 Å². The predicted molar refractivity (Wildman–Crippen MR) is 111 cm³/mol. The zero-order chi connectivity index (χ0) is 21.0. The molecule has 0 fully saturated rings. The van der Waals surface area contributed by atoms with Gasteiger partial charge in [0.05, 0.1) is 0 Å². The number of aromatic nitrogens is 2. The number of hydrogen-bond acceptors (Lipinski definition) is 4. The summed E-state index contributed by atoms with van der Waals surface area (Å²) in [7, 11) is -1.40. The molecule has 0 saturated heterocycles. The molecule has 0 unspecified atom stereocenters. The van der Waals surface area contributed by atoms with Crippen LogP contribution in [0.25, 0.3) is 0 Å². The number of aryl methyl sites for hydroxylation is 1. The van der Waals surface area contributed by atoms with Gasteiger partial charge in [0.2, 0.25) is 10.0 Å². The first-order chi connectivity index (χ1) is 13.8. The molecule has 0 aliphatic carbocycles. The SMILES string of the molecule is Cn1cc(S(=O)(=O)NCCC(c2ccccc2)c2ccccc2)c(=O)n(C)c1=O. The molecule has 0 aliphatic heterocycles. The Labute approximate surface area is 169 Å². The third-order valence-electron chi connectivity index (χ3n) is 4.83. The molecule has 0 radical (unpaired) electrons. The molecule has 1 aromatic heterocycles. The summed E-state index contributed by atoms with van der Waals surface area (Å²) in [6.45, 7) is 0.142. The van der Waals surface area contributed by atoms with Crippen molar-refractivity contribution in [1.29, 1.82) is 0 Å². The zero-order valence-electron chi connectivity index (χ0n) is 16.3. The van der Waals surface area contributed by atoms with E-state index < -0.39 is 26.2 Å². The summed E-state index contributed by atoms with van der Waals surface area (Å²) < 4.78 is 29.7. The monoisotopic (exact) mass is 413 g/mol. The summed E-state index contributed by atoms with van der Waals surface area (Å²) >= 11 is 0. The third kappa shape index (κ3) is 4.55. The lowest BCUT2D eigenvalue weighted by atomic mass is 9.89. The van der Waals surface area contributed by atoms with Gasteiger partial charge in [-0.25, -0.2) is 17.9 Å². The smallest absolute Gasteiger partial charge is 0.302 e. The lowest BCUT2D eigenvalue weighted by molar-refractivity contribution is 0.565. The Hall–Kier alpha value is -2.97. The summed E-state index contributed by atoms with van der Waals surface area (Å²) in [5.41, 5.74) is 0.734. The summed E-state index contributed by atoms with van der Waals surface area (Å²) in [5.74, 6) is 0.00284. The van der Waals surface area contributed by atoms with E-state index >= 15 is 0 Å². The number of nitrogens with one attached hydrogen (secondary N) is 1. The van der Waals surface area contributed by atoms with Crippen LogP contribution in [0.15, 0.2) is 81.3 Å². The van der Waals surface area contributed by atoms with Gasteiger partial charge >= 0.3 is 5.69 Å². The van der Waals surface area contributed by atoms with Crippen LogP contribution < -0.4 is 16.0 Å². The summed E-state index contributed by atoms with van der Waals surface area (Å²) in [6, 6.07) is 19.7. The van der Waals surface area contributed by atoms with Crippen LogP contribution in [0.3, 0.4) is 0 Å². The van der Waals surface area contributed by atoms with E-state index in [9.17, 15) is 18.0 Å². The van der Waals surface area contributed by atoms with Crippen molar-refractivity contribution in [2.75, 3.05) is 6.54 Å². The highest BCUT2D eigenvalue weighted by Gasteiger charge is 2.22. The highest BCUT2D eigenvalue weighted by Crippen LogP contribution is 2.27. The van der Waals surface area contributed by atoms with Gasteiger partial charge in [0.25, 0.3) is 5.56 Å². The molecule has 3 aromatic rings. The number of sulfonamides is 1. The van der Waals surface area contributed by atoms with Gasteiger partial charge in [-0.05, 0) is 17.5 Å². The fraction of sp³-hybridized carbons (Fsp3) is 0.238. The Morgan fingerprint density at radius 1 is 0.897 bits per heavy atom. The summed E-state index contributed by atoms with van der Waals surface area (Å²) in [6.07, 6.45) is 1.57. The van der Waals surface area contributed by atoms with E-state index in [1.54, 1.807) is 0 Å². The average molecular weight is 413 g/mol. The van der Waals surface area contributed by atoms with Crippen molar-refractivity contribution in [3.63, 3.8) is 0 Å². The third-order valence-corrected chi connectivity index (χ3v) is 6.28. The zero-order valence-corrected chi connectivity index (χ0v) is 17.1. The highest BCUT2D eigenvalue weighted by atomic mass is 32.2. The molecule has 0 saturated carbocycles. The fourth-order valence-corrected chi connectivity index (χ4v) is 4.48. The molecule has 0 aliphatic rings. The lowest BCUT2D eigenvalue weighted by Crippen LogP contribution is -2.41. The molecule has 0 bridgehead atoms. The van der Waals surface area contributed by atoms with Crippen molar-refractivity contribution in [2.45, 2.75) is 17.2 Å². The van der Waals surface area contributed by atoms with Gasteiger partial charge in [-0.1, -0.05) is 60.7 Å². The molecule has 1 heterocycles. The topological polar surface area (TPSA) is 90.2 Å².